The lowest BCUT2D eigenvalue weighted by molar-refractivity contribution is -0.123. The summed E-state index contributed by atoms with van der Waals surface area (Å²) >= 11 is 0. The zero-order valence-electron chi connectivity index (χ0n) is 16.0. The number of benzene rings is 1. The maximum absolute atomic E-state index is 12.8. The average molecular weight is 385 g/mol. The van der Waals surface area contributed by atoms with E-state index in [1.807, 2.05) is 24.3 Å². The van der Waals surface area contributed by atoms with Gasteiger partial charge in [0.25, 0.3) is 0 Å². The van der Waals surface area contributed by atoms with Crippen LogP contribution in [0.3, 0.4) is 0 Å². The summed E-state index contributed by atoms with van der Waals surface area (Å²) in [5.74, 6) is 1.17. The van der Waals surface area contributed by atoms with Crippen LogP contribution in [0.5, 0.6) is 5.75 Å². The van der Waals surface area contributed by atoms with Crippen molar-refractivity contribution in [3.05, 3.63) is 29.8 Å². The highest BCUT2D eigenvalue weighted by Gasteiger charge is 2.49. The highest BCUT2D eigenvalue weighted by atomic mass is 16.6. The Kier molecular flexibility index (Phi) is 4.85. The highest BCUT2D eigenvalue weighted by molar-refractivity contribution is 5.96. The molecule has 0 spiro atoms. The van der Waals surface area contributed by atoms with Crippen molar-refractivity contribution in [2.45, 2.75) is 62.9 Å². The lowest BCUT2D eigenvalue weighted by atomic mass is 9.92. The fourth-order valence-corrected chi connectivity index (χ4v) is 4.30. The molecule has 0 unspecified atom stereocenters. The number of amides is 1. The van der Waals surface area contributed by atoms with Gasteiger partial charge in [0.15, 0.2) is 5.78 Å². The number of carbonyl (C=O) groups excluding carboxylic acids is 2. The summed E-state index contributed by atoms with van der Waals surface area (Å²) in [6, 6.07) is 7.39. The summed E-state index contributed by atoms with van der Waals surface area (Å²) in [4.78, 5) is 24.9. The standard InChI is InChI=1S/C22H27NO5/c24-19(14-3-1-6-17(9-14)28-16-4-2-5-16)10-15-11-26-21-18(12-27-20(15)21)23-22(25)13-7-8-13/h1,3,6,9,13,15-16,18,20-21H,2,4-5,7-8,10-12H2,(H,23,25)/t15-,18-,20+,21+/m0/s1. The second-order valence-corrected chi connectivity index (χ2v) is 8.57. The highest BCUT2D eigenvalue weighted by Crippen LogP contribution is 2.35. The van der Waals surface area contributed by atoms with Crippen LogP contribution in [0.1, 0.15) is 48.9 Å². The Morgan fingerprint density at radius 3 is 2.64 bits per heavy atom. The van der Waals surface area contributed by atoms with E-state index in [1.165, 1.54) is 6.42 Å². The van der Waals surface area contributed by atoms with Gasteiger partial charge in [0, 0.05) is 23.8 Å². The second-order valence-electron chi connectivity index (χ2n) is 8.57. The quantitative estimate of drug-likeness (QED) is 0.730. The third-order valence-corrected chi connectivity index (χ3v) is 6.39. The second kappa shape index (κ2) is 7.48. The molecule has 6 heteroatoms. The first kappa shape index (κ1) is 18.1. The number of rotatable bonds is 7. The zero-order valence-corrected chi connectivity index (χ0v) is 16.0. The summed E-state index contributed by atoms with van der Waals surface area (Å²) in [5.41, 5.74) is 0.678. The van der Waals surface area contributed by atoms with Gasteiger partial charge in [-0.15, -0.1) is 0 Å². The number of ether oxygens (including phenoxy) is 3. The van der Waals surface area contributed by atoms with Gasteiger partial charge in [-0.05, 0) is 44.2 Å². The van der Waals surface area contributed by atoms with Gasteiger partial charge < -0.3 is 19.5 Å². The molecule has 4 atom stereocenters. The predicted molar refractivity (Wildman–Crippen MR) is 101 cm³/mol. The summed E-state index contributed by atoms with van der Waals surface area (Å²) in [5, 5.41) is 3.06. The predicted octanol–water partition coefficient (Wildman–Crippen LogP) is 2.50. The van der Waals surface area contributed by atoms with E-state index in [9.17, 15) is 9.59 Å². The van der Waals surface area contributed by atoms with Gasteiger partial charge in [0.2, 0.25) is 5.91 Å². The third-order valence-electron chi connectivity index (χ3n) is 6.39. The number of fused-ring (bicyclic) bond motifs is 1. The van der Waals surface area contributed by atoms with Crippen molar-refractivity contribution in [1.29, 1.82) is 0 Å². The van der Waals surface area contributed by atoms with Crippen LogP contribution in [0.25, 0.3) is 0 Å². The van der Waals surface area contributed by atoms with E-state index >= 15 is 0 Å². The molecule has 1 amide bonds. The Balaban J connectivity index is 1.18. The van der Waals surface area contributed by atoms with Gasteiger partial charge in [-0.25, -0.2) is 0 Å². The summed E-state index contributed by atoms with van der Waals surface area (Å²) < 4.78 is 17.8. The Morgan fingerprint density at radius 2 is 1.89 bits per heavy atom. The van der Waals surface area contributed by atoms with Gasteiger partial charge in [-0.2, -0.15) is 0 Å². The number of hydrogen-bond acceptors (Lipinski definition) is 5. The van der Waals surface area contributed by atoms with Crippen molar-refractivity contribution in [3.63, 3.8) is 0 Å². The van der Waals surface area contributed by atoms with E-state index in [0.717, 1.165) is 31.4 Å². The van der Waals surface area contributed by atoms with E-state index in [-0.39, 0.29) is 41.8 Å². The van der Waals surface area contributed by atoms with Crippen LogP contribution in [-0.4, -0.2) is 49.3 Å². The molecule has 28 heavy (non-hydrogen) atoms. The first-order valence-electron chi connectivity index (χ1n) is 10.5. The van der Waals surface area contributed by atoms with Gasteiger partial charge >= 0.3 is 0 Å². The number of ketones is 1. The van der Waals surface area contributed by atoms with Crippen LogP contribution in [0.15, 0.2) is 24.3 Å². The van der Waals surface area contributed by atoms with Gasteiger partial charge in [-0.3, -0.25) is 9.59 Å². The lowest BCUT2D eigenvalue weighted by Crippen LogP contribution is -2.44. The molecule has 2 aliphatic carbocycles. The van der Waals surface area contributed by atoms with E-state index in [4.69, 9.17) is 14.2 Å². The van der Waals surface area contributed by atoms with Crippen LogP contribution >= 0.6 is 0 Å². The smallest absolute Gasteiger partial charge is 0.223 e. The van der Waals surface area contributed by atoms with Gasteiger partial charge in [0.05, 0.1) is 31.5 Å². The molecule has 2 saturated carbocycles. The fourth-order valence-electron chi connectivity index (χ4n) is 4.30. The maximum atomic E-state index is 12.8. The molecule has 6 nitrogen and oxygen atoms in total. The fraction of sp³-hybridized carbons (Fsp3) is 0.636. The molecule has 0 bridgehead atoms. The first-order valence-corrected chi connectivity index (χ1v) is 10.5. The molecular weight excluding hydrogens is 358 g/mol. The monoisotopic (exact) mass is 385 g/mol. The minimum absolute atomic E-state index is 0.0246. The SMILES string of the molecule is O=C(C[C@H]1CO[C@H]2[C@@H]1OC[C@@H]2NC(=O)C1CC1)c1cccc(OC2CCC2)c1. The lowest BCUT2D eigenvalue weighted by Gasteiger charge is -2.26. The molecule has 2 saturated heterocycles. The van der Waals surface area contributed by atoms with E-state index in [2.05, 4.69) is 5.32 Å². The summed E-state index contributed by atoms with van der Waals surface area (Å²) in [7, 11) is 0. The van der Waals surface area contributed by atoms with Crippen LogP contribution in [0.4, 0.5) is 0 Å². The van der Waals surface area contributed by atoms with Crippen LogP contribution in [-0.2, 0) is 14.3 Å². The van der Waals surface area contributed by atoms with E-state index in [1.54, 1.807) is 0 Å². The normalized spacial score (nSPS) is 31.9. The van der Waals surface area contributed by atoms with Gasteiger partial charge in [-0.1, -0.05) is 12.1 Å². The number of carbonyl (C=O) groups is 2. The Morgan fingerprint density at radius 1 is 1.07 bits per heavy atom. The largest absolute Gasteiger partial charge is 0.490 e. The molecule has 150 valence electrons. The topological polar surface area (TPSA) is 73.9 Å². The molecular formula is C22H27NO5. The average Bonchev–Trinajstić information content (AvgIpc) is 3.34. The molecule has 1 N–H and O–H groups in total. The van der Waals surface area contributed by atoms with Gasteiger partial charge in [0.1, 0.15) is 11.9 Å². The summed E-state index contributed by atoms with van der Waals surface area (Å²) in [6.07, 6.45) is 5.78. The van der Waals surface area contributed by atoms with Crippen molar-refractivity contribution in [3.8, 4) is 5.75 Å². The summed E-state index contributed by atoms with van der Waals surface area (Å²) in [6.45, 7) is 0.957. The molecule has 1 aromatic carbocycles. The molecule has 1 aromatic rings. The van der Waals surface area contributed by atoms with Crippen molar-refractivity contribution >= 4 is 11.7 Å². The van der Waals surface area contributed by atoms with Crippen LogP contribution < -0.4 is 10.1 Å². The molecule has 5 rings (SSSR count). The molecule has 2 aliphatic heterocycles. The molecule has 2 heterocycles. The molecule has 4 aliphatic rings. The maximum Gasteiger partial charge on any atom is 0.223 e. The minimum Gasteiger partial charge on any atom is -0.490 e. The van der Waals surface area contributed by atoms with Crippen molar-refractivity contribution < 1.29 is 23.8 Å². The van der Waals surface area contributed by atoms with Crippen molar-refractivity contribution in [1.82, 2.24) is 5.32 Å². The molecule has 0 radical (unpaired) electrons. The molecule has 0 aromatic heterocycles. The van der Waals surface area contributed by atoms with E-state index < -0.39 is 0 Å². The minimum atomic E-state index is -0.145. The van der Waals surface area contributed by atoms with Crippen molar-refractivity contribution in [2.24, 2.45) is 11.8 Å². The van der Waals surface area contributed by atoms with Crippen molar-refractivity contribution in [2.75, 3.05) is 13.2 Å². The number of nitrogens with one attached hydrogen (secondary N) is 1. The van der Waals surface area contributed by atoms with Crippen LogP contribution in [0.2, 0.25) is 0 Å². The Bertz CT molecular complexity index is 757. The molecule has 4 fully saturated rings. The first-order chi connectivity index (χ1) is 13.7. The Hall–Kier alpha value is -1.92. The third kappa shape index (κ3) is 3.67. The number of Topliss-reactive ketones (excluding diaryl/α,β-unsaturated/α-hetero) is 1. The van der Waals surface area contributed by atoms with Crippen LogP contribution in [0, 0.1) is 11.8 Å². The number of hydrogen-bond donors (Lipinski definition) is 1. The zero-order chi connectivity index (χ0) is 19.1. The Labute approximate surface area is 164 Å². The van der Waals surface area contributed by atoms with E-state index in [0.29, 0.717) is 31.3 Å².